The molecule has 0 heterocycles. The van der Waals surface area contributed by atoms with E-state index in [2.05, 4.69) is 4.65 Å². The van der Waals surface area contributed by atoms with E-state index in [4.69, 9.17) is 45.8 Å². The summed E-state index contributed by atoms with van der Waals surface area (Å²) in [5.41, 5.74) is 0. The lowest BCUT2D eigenvalue weighted by molar-refractivity contribution is -0.123. The number of aliphatic hydroxyl groups excluding tert-OH is 8. The summed E-state index contributed by atoms with van der Waals surface area (Å²) in [4.78, 5) is 0. The predicted molar refractivity (Wildman–Crippen MR) is 67.4 cm³/mol. The molecule has 0 spiro atoms. The predicted octanol–water partition coefficient (Wildman–Crippen LogP) is -6.26. The van der Waals surface area contributed by atoms with E-state index in [0.29, 0.717) is 0 Å². The van der Waals surface area contributed by atoms with E-state index in [1.165, 1.54) is 0 Å². The van der Waals surface area contributed by atoms with E-state index in [1.54, 1.807) is 0 Å². The van der Waals surface area contributed by atoms with Crippen molar-refractivity contribution in [3.05, 3.63) is 0 Å². The summed E-state index contributed by atoms with van der Waals surface area (Å²) in [5.74, 6) is 0. The quantitative estimate of drug-likeness (QED) is 0.181. The molecule has 0 amide bonds. The number of hydrogen-bond donors (Lipinski definition) is 10. The molecule has 0 aliphatic heterocycles. The molecule has 0 aromatic heterocycles. The van der Waals surface area contributed by atoms with Crippen LogP contribution < -0.4 is 0 Å². The second-order valence-corrected chi connectivity index (χ2v) is 3.98. The van der Waals surface area contributed by atoms with E-state index < -0.39 is 51.1 Å². The molecule has 0 saturated heterocycles. The van der Waals surface area contributed by atoms with Crippen molar-refractivity contribution in [1.29, 1.82) is 0 Å². The molecule has 0 fully saturated rings. The van der Waals surface area contributed by atoms with Crippen LogP contribution in [0.2, 0.25) is 0 Å². The Morgan fingerprint density at radius 1 is 0.714 bits per heavy atom. The molecule has 128 valence electrons. The van der Waals surface area contributed by atoms with Crippen LogP contribution in [0.5, 0.6) is 0 Å². The Hall–Kier alpha value is -0.375. The van der Waals surface area contributed by atoms with E-state index in [-0.39, 0.29) is 13.2 Å². The van der Waals surface area contributed by atoms with Gasteiger partial charge >= 0.3 is 7.32 Å². The molecule has 0 aromatic rings. The van der Waals surface area contributed by atoms with Crippen molar-refractivity contribution in [3.63, 3.8) is 0 Å². The monoisotopic (exact) mass is 318 g/mol. The van der Waals surface area contributed by atoms with Gasteiger partial charge in [0, 0.05) is 0 Å². The lowest BCUT2D eigenvalue weighted by Crippen LogP contribution is -2.47. The Kier molecular flexibility index (Phi) is 14.5. The fourth-order valence-electron chi connectivity index (χ4n) is 0.904. The van der Waals surface area contributed by atoms with Crippen LogP contribution in [0.4, 0.5) is 0 Å². The molecule has 0 aliphatic rings. The van der Waals surface area contributed by atoms with Crippen LogP contribution in [-0.4, -0.2) is 115 Å². The van der Waals surface area contributed by atoms with Crippen LogP contribution in [0.3, 0.4) is 0 Å². The van der Waals surface area contributed by atoms with Crippen molar-refractivity contribution >= 4 is 7.32 Å². The van der Waals surface area contributed by atoms with Gasteiger partial charge in [0.2, 0.25) is 0 Å². The summed E-state index contributed by atoms with van der Waals surface area (Å²) < 4.78 is 4.13. The van der Waals surface area contributed by atoms with E-state index in [0.717, 1.165) is 0 Å². The third-order valence-electron chi connectivity index (χ3n) is 2.16. The van der Waals surface area contributed by atoms with Crippen LogP contribution in [0.1, 0.15) is 0 Å². The smallest absolute Gasteiger partial charge is 0.402 e. The minimum absolute atomic E-state index is 0.365. The van der Waals surface area contributed by atoms with Gasteiger partial charge in [0.1, 0.15) is 30.5 Å². The third kappa shape index (κ3) is 11.9. The third-order valence-corrected chi connectivity index (χ3v) is 2.16. The fourth-order valence-corrected chi connectivity index (χ4v) is 0.904. The number of aliphatic hydroxyl groups is 8. The topological polar surface area (TPSA) is 212 Å². The first-order valence-electron chi connectivity index (χ1n) is 5.91. The van der Waals surface area contributed by atoms with Crippen molar-refractivity contribution in [2.24, 2.45) is 0 Å². The molecule has 12 heteroatoms. The number of rotatable bonds is 9. The van der Waals surface area contributed by atoms with Crippen molar-refractivity contribution in [2.75, 3.05) is 26.4 Å². The van der Waals surface area contributed by atoms with Crippen molar-refractivity contribution in [1.82, 2.24) is 0 Å². The Bertz CT molecular complexity index is 228. The Morgan fingerprint density at radius 3 is 1.43 bits per heavy atom. The Morgan fingerprint density at radius 2 is 1.14 bits per heavy atom. The zero-order valence-electron chi connectivity index (χ0n) is 11.2. The molecule has 4 atom stereocenters. The zero-order chi connectivity index (χ0) is 17.0. The van der Waals surface area contributed by atoms with E-state index in [1.807, 2.05) is 0 Å². The zero-order valence-corrected chi connectivity index (χ0v) is 11.2. The summed E-state index contributed by atoms with van der Waals surface area (Å²) >= 11 is 0. The molecular weight excluding hydrogens is 295 g/mol. The highest BCUT2D eigenvalue weighted by molar-refractivity contribution is 6.32. The highest BCUT2D eigenvalue weighted by Crippen LogP contribution is 2.05. The van der Waals surface area contributed by atoms with Gasteiger partial charge in [0.25, 0.3) is 0 Å². The van der Waals surface area contributed by atoms with E-state index >= 15 is 0 Å². The summed E-state index contributed by atoms with van der Waals surface area (Å²) in [5, 5.41) is 85.3. The summed E-state index contributed by atoms with van der Waals surface area (Å²) in [6.45, 7) is -2.16. The molecule has 10 N–H and O–H groups in total. The summed E-state index contributed by atoms with van der Waals surface area (Å²) in [6.07, 6.45) is -7.71. The average molecular weight is 318 g/mol. The number of hydrogen-bond acceptors (Lipinski definition) is 11. The Labute approximate surface area is 121 Å². The van der Waals surface area contributed by atoms with Crippen LogP contribution in [0, 0.1) is 0 Å². The van der Waals surface area contributed by atoms with Gasteiger partial charge < -0.3 is 55.6 Å². The SMILES string of the molecule is OCC(O)CO.OC[C@@H](O)[C@@H](O)[C@H](O)[C@@H](O)COB(O)O. The maximum atomic E-state index is 9.19. The van der Waals surface area contributed by atoms with Gasteiger partial charge in [-0.3, -0.25) is 0 Å². The van der Waals surface area contributed by atoms with Gasteiger partial charge in [0.15, 0.2) is 0 Å². The van der Waals surface area contributed by atoms with Crippen LogP contribution in [-0.2, 0) is 4.65 Å². The molecule has 0 aliphatic carbocycles. The highest BCUT2D eigenvalue weighted by atomic mass is 16.6. The first kappa shape index (κ1) is 22.9. The molecule has 0 aromatic carbocycles. The highest BCUT2D eigenvalue weighted by Gasteiger charge is 2.30. The average Bonchev–Trinajstić information content (AvgIpc) is 2.49. The van der Waals surface area contributed by atoms with E-state index in [9.17, 15) is 5.11 Å². The Balaban J connectivity index is 0. The molecular formula is C9H23BO11. The normalized spacial score (nSPS) is 16.7. The van der Waals surface area contributed by atoms with Crippen LogP contribution in [0.25, 0.3) is 0 Å². The van der Waals surface area contributed by atoms with Crippen LogP contribution >= 0.6 is 0 Å². The van der Waals surface area contributed by atoms with Crippen molar-refractivity contribution in [3.8, 4) is 0 Å². The molecule has 0 radical (unpaired) electrons. The van der Waals surface area contributed by atoms with Gasteiger partial charge in [-0.05, 0) is 0 Å². The van der Waals surface area contributed by atoms with Gasteiger partial charge in [-0.15, -0.1) is 0 Å². The maximum absolute atomic E-state index is 9.19. The molecule has 21 heavy (non-hydrogen) atoms. The molecule has 0 unspecified atom stereocenters. The second-order valence-electron chi connectivity index (χ2n) is 3.98. The van der Waals surface area contributed by atoms with Gasteiger partial charge in [0.05, 0.1) is 26.4 Å². The molecule has 11 nitrogen and oxygen atoms in total. The van der Waals surface area contributed by atoms with Crippen molar-refractivity contribution in [2.45, 2.75) is 30.5 Å². The maximum Gasteiger partial charge on any atom is 0.633 e. The molecule has 0 bridgehead atoms. The standard InChI is InChI=1S/C6H15BO8.C3H8O3/c8-1-3(9)5(11)6(12)4(10)2-15-7(13)14;4-1-3(6)2-5/h3-6,8-14H,1-2H2;3-6H,1-2H2/t3-,4+,5-,6-;/m1./s1. The molecule has 0 saturated carbocycles. The first-order chi connectivity index (χ1) is 9.70. The van der Waals surface area contributed by atoms with Gasteiger partial charge in [-0.1, -0.05) is 0 Å². The fraction of sp³-hybridized carbons (Fsp3) is 1.00. The second kappa shape index (κ2) is 13.3. The van der Waals surface area contributed by atoms with Crippen LogP contribution in [0.15, 0.2) is 0 Å². The lowest BCUT2D eigenvalue weighted by atomic mass is 10.0. The summed E-state index contributed by atoms with van der Waals surface area (Å²) in [6, 6.07) is 0. The van der Waals surface area contributed by atoms with Gasteiger partial charge in [-0.2, -0.15) is 0 Å². The summed E-state index contributed by atoms with van der Waals surface area (Å²) in [7, 11) is -2.10. The lowest BCUT2D eigenvalue weighted by Gasteiger charge is -2.25. The van der Waals surface area contributed by atoms with Gasteiger partial charge in [-0.25, -0.2) is 0 Å². The minimum Gasteiger partial charge on any atom is -0.402 e. The first-order valence-corrected chi connectivity index (χ1v) is 5.91. The van der Waals surface area contributed by atoms with Crippen molar-refractivity contribution < 1.29 is 55.6 Å². The minimum atomic E-state index is -2.10. The molecule has 0 rings (SSSR count). The largest absolute Gasteiger partial charge is 0.633 e.